The zero-order valence-corrected chi connectivity index (χ0v) is 9.70. The quantitative estimate of drug-likeness (QED) is 0.534. The molecular weight excluding hydrogens is 246 g/mol. The van der Waals surface area contributed by atoms with Gasteiger partial charge in [-0.25, -0.2) is 18.4 Å². The second-order valence-corrected chi connectivity index (χ2v) is 5.13. The van der Waals surface area contributed by atoms with Crippen molar-refractivity contribution in [2.75, 3.05) is 23.3 Å². The molecule has 0 fully saturated rings. The second kappa shape index (κ2) is 5.02. The molecule has 1 rings (SSSR count). The largest absolute Gasteiger partial charge is 0.478 e. The molecule has 1 aromatic carbocycles. The van der Waals surface area contributed by atoms with Crippen molar-refractivity contribution in [1.29, 1.82) is 0 Å². The van der Waals surface area contributed by atoms with E-state index in [0.29, 0.717) is 11.4 Å². The number of carboxylic acid groups (broad SMARTS) is 1. The van der Waals surface area contributed by atoms with E-state index in [2.05, 4.69) is 5.32 Å². The summed E-state index contributed by atoms with van der Waals surface area (Å²) in [4.78, 5) is 10.7. The van der Waals surface area contributed by atoms with Crippen LogP contribution in [0.1, 0.15) is 10.4 Å². The van der Waals surface area contributed by atoms with Gasteiger partial charge in [-0.15, -0.1) is 0 Å². The van der Waals surface area contributed by atoms with Gasteiger partial charge in [0.05, 0.1) is 22.7 Å². The number of aromatic carboxylic acids is 1. The number of benzene rings is 1. The van der Waals surface area contributed by atoms with Gasteiger partial charge < -0.3 is 16.2 Å². The Morgan fingerprint density at radius 1 is 1.41 bits per heavy atom. The van der Waals surface area contributed by atoms with Gasteiger partial charge in [-0.05, 0) is 18.2 Å². The Bertz CT molecular complexity index is 527. The number of rotatable bonds is 5. The predicted octanol–water partition coefficient (Wildman–Crippen LogP) is -0.333. The van der Waals surface area contributed by atoms with Gasteiger partial charge in [0.25, 0.3) is 0 Å². The van der Waals surface area contributed by atoms with Gasteiger partial charge >= 0.3 is 5.97 Å². The van der Waals surface area contributed by atoms with Crippen LogP contribution in [0.3, 0.4) is 0 Å². The monoisotopic (exact) mass is 259 g/mol. The van der Waals surface area contributed by atoms with Crippen LogP contribution in [-0.2, 0) is 10.0 Å². The summed E-state index contributed by atoms with van der Waals surface area (Å²) in [5.41, 5.74) is 6.38. The van der Waals surface area contributed by atoms with Crippen LogP contribution in [0.2, 0.25) is 0 Å². The first-order valence-electron chi connectivity index (χ1n) is 4.67. The topological polar surface area (TPSA) is 136 Å². The zero-order valence-electron chi connectivity index (χ0n) is 8.88. The highest BCUT2D eigenvalue weighted by Crippen LogP contribution is 2.19. The Morgan fingerprint density at radius 2 is 2.06 bits per heavy atom. The van der Waals surface area contributed by atoms with E-state index in [1.807, 2.05) is 0 Å². The molecule has 7 nitrogen and oxygen atoms in total. The lowest BCUT2D eigenvalue weighted by molar-refractivity contribution is 0.0697. The molecule has 0 spiro atoms. The number of carbonyl (C=O) groups is 1. The SMILES string of the molecule is Nc1ccc(C(=O)O)cc1NCCS(N)(=O)=O. The molecular formula is C9H13N3O4S. The Hall–Kier alpha value is -1.80. The summed E-state index contributed by atoms with van der Waals surface area (Å²) >= 11 is 0. The molecule has 0 aliphatic rings. The van der Waals surface area contributed by atoms with Crippen LogP contribution in [0.15, 0.2) is 18.2 Å². The molecule has 0 heterocycles. The number of hydrogen-bond acceptors (Lipinski definition) is 5. The van der Waals surface area contributed by atoms with Gasteiger partial charge in [0.1, 0.15) is 0 Å². The van der Waals surface area contributed by atoms with Crippen LogP contribution in [0.25, 0.3) is 0 Å². The van der Waals surface area contributed by atoms with E-state index < -0.39 is 16.0 Å². The van der Waals surface area contributed by atoms with E-state index in [0.717, 1.165) is 0 Å². The maximum Gasteiger partial charge on any atom is 0.335 e. The fourth-order valence-corrected chi connectivity index (χ4v) is 1.56. The van der Waals surface area contributed by atoms with Crippen molar-refractivity contribution in [3.63, 3.8) is 0 Å². The fraction of sp³-hybridized carbons (Fsp3) is 0.222. The van der Waals surface area contributed by atoms with Crippen LogP contribution in [0.5, 0.6) is 0 Å². The van der Waals surface area contributed by atoms with Crippen LogP contribution >= 0.6 is 0 Å². The molecule has 0 aliphatic carbocycles. The van der Waals surface area contributed by atoms with Crippen molar-refractivity contribution in [3.8, 4) is 0 Å². The smallest absolute Gasteiger partial charge is 0.335 e. The lowest BCUT2D eigenvalue weighted by Gasteiger charge is -2.09. The Balaban J connectivity index is 2.76. The minimum absolute atomic E-state index is 0.0616. The molecule has 8 heteroatoms. The number of hydrogen-bond donors (Lipinski definition) is 4. The standard InChI is InChI=1S/C9H13N3O4S/c10-7-2-1-6(9(13)14)5-8(7)12-3-4-17(11,15)16/h1-2,5,12H,3-4,10H2,(H,13,14)(H2,11,15,16). The number of nitrogen functional groups attached to an aromatic ring is 1. The summed E-state index contributed by atoms with van der Waals surface area (Å²) < 4.78 is 21.4. The molecule has 6 N–H and O–H groups in total. The molecule has 0 bridgehead atoms. The highest BCUT2D eigenvalue weighted by Gasteiger charge is 2.07. The number of nitrogens with one attached hydrogen (secondary N) is 1. The Labute approximate surface area is 98.5 Å². The highest BCUT2D eigenvalue weighted by atomic mass is 32.2. The Morgan fingerprint density at radius 3 is 2.59 bits per heavy atom. The van der Waals surface area contributed by atoms with Crippen molar-refractivity contribution in [2.45, 2.75) is 0 Å². The fourth-order valence-electron chi connectivity index (χ4n) is 1.17. The van der Waals surface area contributed by atoms with E-state index >= 15 is 0 Å². The number of sulfonamides is 1. The number of carboxylic acids is 1. The van der Waals surface area contributed by atoms with Crippen LogP contribution in [0, 0.1) is 0 Å². The third-order valence-corrected chi connectivity index (χ3v) is 2.78. The summed E-state index contributed by atoms with van der Waals surface area (Å²) in [5, 5.41) is 16.3. The van der Waals surface area contributed by atoms with E-state index in [1.165, 1.54) is 18.2 Å². The first-order chi connectivity index (χ1) is 7.79. The minimum atomic E-state index is -3.55. The Kier molecular flexibility index (Phi) is 3.92. The third kappa shape index (κ3) is 4.29. The van der Waals surface area contributed by atoms with Crippen molar-refractivity contribution in [1.82, 2.24) is 0 Å². The molecule has 0 aliphatic heterocycles. The van der Waals surface area contributed by atoms with Crippen LogP contribution in [0.4, 0.5) is 11.4 Å². The average molecular weight is 259 g/mol. The summed E-state index contributed by atoms with van der Waals surface area (Å²) in [6.07, 6.45) is 0. The van der Waals surface area contributed by atoms with Gasteiger partial charge in [-0.1, -0.05) is 0 Å². The maximum atomic E-state index is 10.7. The normalized spacial score (nSPS) is 11.1. The molecule has 0 saturated heterocycles. The first kappa shape index (κ1) is 13.3. The summed E-state index contributed by atoms with van der Waals surface area (Å²) in [7, 11) is -3.55. The van der Waals surface area contributed by atoms with Gasteiger partial charge in [-0.3, -0.25) is 0 Å². The number of anilines is 2. The maximum absolute atomic E-state index is 10.7. The van der Waals surface area contributed by atoms with E-state index in [4.69, 9.17) is 16.0 Å². The summed E-state index contributed by atoms with van der Waals surface area (Å²) in [5.74, 6) is -1.34. The number of primary sulfonamides is 1. The third-order valence-electron chi connectivity index (χ3n) is 2.00. The predicted molar refractivity (Wildman–Crippen MR) is 64.3 cm³/mol. The second-order valence-electron chi connectivity index (χ2n) is 3.40. The van der Waals surface area contributed by atoms with E-state index in [-0.39, 0.29) is 17.9 Å². The molecule has 1 aromatic rings. The van der Waals surface area contributed by atoms with Gasteiger partial charge in [-0.2, -0.15) is 0 Å². The zero-order chi connectivity index (χ0) is 13.1. The molecule has 0 amide bonds. The lowest BCUT2D eigenvalue weighted by Crippen LogP contribution is -2.22. The highest BCUT2D eigenvalue weighted by molar-refractivity contribution is 7.89. The average Bonchev–Trinajstić information content (AvgIpc) is 2.18. The summed E-state index contributed by atoms with van der Waals surface area (Å²) in [6, 6.07) is 4.13. The number of nitrogens with two attached hydrogens (primary N) is 2. The van der Waals surface area contributed by atoms with Crippen molar-refractivity contribution >= 4 is 27.4 Å². The van der Waals surface area contributed by atoms with Gasteiger partial charge in [0.2, 0.25) is 10.0 Å². The molecule has 0 aromatic heterocycles. The van der Waals surface area contributed by atoms with Crippen molar-refractivity contribution < 1.29 is 18.3 Å². The van der Waals surface area contributed by atoms with E-state index in [9.17, 15) is 13.2 Å². The molecule has 0 atom stereocenters. The molecule has 94 valence electrons. The lowest BCUT2D eigenvalue weighted by atomic mass is 10.2. The van der Waals surface area contributed by atoms with Crippen LogP contribution in [-0.4, -0.2) is 31.8 Å². The van der Waals surface area contributed by atoms with Gasteiger partial charge in [0, 0.05) is 6.54 Å². The van der Waals surface area contributed by atoms with Gasteiger partial charge in [0.15, 0.2) is 0 Å². The van der Waals surface area contributed by atoms with Crippen molar-refractivity contribution in [3.05, 3.63) is 23.8 Å². The minimum Gasteiger partial charge on any atom is -0.478 e. The van der Waals surface area contributed by atoms with E-state index in [1.54, 1.807) is 0 Å². The summed E-state index contributed by atoms with van der Waals surface area (Å²) in [6.45, 7) is 0.0616. The first-order valence-corrected chi connectivity index (χ1v) is 6.38. The molecule has 0 saturated carbocycles. The molecule has 0 unspecified atom stereocenters. The molecule has 17 heavy (non-hydrogen) atoms. The van der Waals surface area contributed by atoms with Crippen molar-refractivity contribution in [2.24, 2.45) is 5.14 Å². The molecule has 0 radical (unpaired) electrons. The van der Waals surface area contributed by atoms with Crippen LogP contribution < -0.4 is 16.2 Å².